The first-order valence-corrected chi connectivity index (χ1v) is 8.77. The number of nitrogens with zero attached hydrogens (tertiary/aromatic N) is 2. The SMILES string of the molecule is Nc1cccc([C@@H]2CN(S(=O)(=O)c3cccs3)CCO2)n1. The highest BCUT2D eigenvalue weighted by Crippen LogP contribution is 2.27. The summed E-state index contributed by atoms with van der Waals surface area (Å²) >= 11 is 1.22. The molecule has 0 unspecified atom stereocenters. The largest absolute Gasteiger partial charge is 0.384 e. The summed E-state index contributed by atoms with van der Waals surface area (Å²) in [7, 11) is -3.46. The molecular weight excluding hydrogens is 310 g/mol. The van der Waals surface area contributed by atoms with Gasteiger partial charge in [-0.3, -0.25) is 0 Å². The predicted molar refractivity (Wildman–Crippen MR) is 80.4 cm³/mol. The Labute approximate surface area is 127 Å². The number of ether oxygens (including phenoxy) is 1. The average Bonchev–Trinajstić information content (AvgIpc) is 3.02. The smallest absolute Gasteiger partial charge is 0.252 e. The van der Waals surface area contributed by atoms with Crippen LogP contribution in [0.3, 0.4) is 0 Å². The van der Waals surface area contributed by atoms with Crippen molar-refractivity contribution in [3.63, 3.8) is 0 Å². The average molecular weight is 325 g/mol. The Bertz CT molecular complexity index is 716. The van der Waals surface area contributed by atoms with Crippen LogP contribution in [0.1, 0.15) is 11.8 Å². The van der Waals surface area contributed by atoms with Crippen molar-refractivity contribution < 1.29 is 13.2 Å². The molecule has 8 heteroatoms. The van der Waals surface area contributed by atoms with E-state index in [2.05, 4.69) is 4.98 Å². The second-order valence-corrected chi connectivity index (χ2v) is 7.75. The van der Waals surface area contributed by atoms with Gasteiger partial charge in [0.25, 0.3) is 10.0 Å². The standard InChI is InChI=1S/C13H15N3O3S2/c14-12-4-1-3-10(15-12)11-9-16(6-7-19-11)21(17,18)13-5-2-8-20-13/h1-5,8,11H,6-7,9H2,(H2,14,15)/t11-/m0/s1. The van der Waals surface area contributed by atoms with Crippen molar-refractivity contribution >= 4 is 27.2 Å². The molecule has 2 aromatic heterocycles. The maximum absolute atomic E-state index is 12.5. The van der Waals surface area contributed by atoms with E-state index in [-0.39, 0.29) is 6.54 Å². The summed E-state index contributed by atoms with van der Waals surface area (Å²) in [5.41, 5.74) is 6.32. The van der Waals surface area contributed by atoms with E-state index < -0.39 is 16.1 Å². The molecule has 1 fully saturated rings. The molecule has 112 valence electrons. The van der Waals surface area contributed by atoms with E-state index in [0.29, 0.717) is 28.9 Å². The first kappa shape index (κ1) is 14.5. The quantitative estimate of drug-likeness (QED) is 0.924. The number of thiophene rings is 1. The fourth-order valence-electron chi connectivity index (χ4n) is 2.21. The molecule has 1 atom stereocenters. The molecule has 2 N–H and O–H groups in total. The second kappa shape index (κ2) is 5.72. The number of hydrogen-bond acceptors (Lipinski definition) is 6. The first-order valence-electron chi connectivity index (χ1n) is 6.45. The molecular formula is C13H15N3O3S2. The highest BCUT2D eigenvalue weighted by Gasteiger charge is 2.32. The van der Waals surface area contributed by atoms with Crippen molar-refractivity contribution in [1.29, 1.82) is 0 Å². The molecule has 3 heterocycles. The normalized spacial score (nSPS) is 20.5. The molecule has 1 aliphatic rings. The van der Waals surface area contributed by atoms with Crippen LogP contribution in [0.15, 0.2) is 39.9 Å². The molecule has 2 aromatic rings. The number of nitrogen functional groups attached to an aromatic ring is 1. The van der Waals surface area contributed by atoms with Gasteiger partial charge in [-0.1, -0.05) is 12.1 Å². The molecule has 1 aliphatic heterocycles. The van der Waals surface area contributed by atoms with Gasteiger partial charge >= 0.3 is 0 Å². The van der Waals surface area contributed by atoms with Crippen LogP contribution < -0.4 is 5.73 Å². The van der Waals surface area contributed by atoms with Crippen LogP contribution >= 0.6 is 11.3 Å². The molecule has 6 nitrogen and oxygen atoms in total. The van der Waals surface area contributed by atoms with Gasteiger partial charge in [0, 0.05) is 13.1 Å². The van der Waals surface area contributed by atoms with Crippen LogP contribution in [0.5, 0.6) is 0 Å². The van der Waals surface area contributed by atoms with Crippen molar-refractivity contribution in [2.45, 2.75) is 10.3 Å². The van der Waals surface area contributed by atoms with Crippen molar-refractivity contribution in [2.24, 2.45) is 0 Å². The van der Waals surface area contributed by atoms with Crippen LogP contribution in [0.2, 0.25) is 0 Å². The van der Waals surface area contributed by atoms with Crippen LogP contribution in [0.4, 0.5) is 5.82 Å². The van der Waals surface area contributed by atoms with Gasteiger partial charge in [0.1, 0.15) is 16.1 Å². The minimum atomic E-state index is -3.46. The molecule has 3 rings (SSSR count). The molecule has 0 amide bonds. The topological polar surface area (TPSA) is 85.5 Å². The first-order chi connectivity index (χ1) is 10.1. The molecule has 1 saturated heterocycles. The monoisotopic (exact) mass is 325 g/mol. The zero-order valence-corrected chi connectivity index (χ0v) is 12.8. The van der Waals surface area contributed by atoms with E-state index in [1.165, 1.54) is 15.6 Å². The van der Waals surface area contributed by atoms with Crippen LogP contribution in [-0.2, 0) is 14.8 Å². The highest BCUT2D eigenvalue weighted by atomic mass is 32.2. The van der Waals surface area contributed by atoms with Crippen LogP contribution in [0.25, 0.3) is 0 Å². The van der Waals surface area contributed by atoms with Gasteiger partial charge in [-0.2, -0.15) is 4.31 Å². The third kappa shape index (κ3) is 2.93. The highest BCUT2D eigenvalue weighted by molar-refractivity contribution is 7.91. The maximum Gasteiger partial charge on any atom is 0.252 e. The number of sulfonamides is 1. The van der Waals surface area contributed by atoms with Crippen molar-refractivity contribution in [3.8, 4) is 0 Å². The molecule has 0 radical (unpaired) electrons. The van der Waals surface area contributed by atoms with Gasteiger partial charge in [0.2, 0.25) is 0 Å². The minimum absolute atomic E-state index is 0.247. The van der Waals surface area contributed by atoms with E-state index in [0.717, 1.165) is 0 Å². The molecule has 0 aromatic carbocycles. The number of anilines is 1. The van der Waals surface area contributed by atoms with E-state index in [4.69, 9.17) is 10.5 Å². The summed E-state index contributed by atoms with van der Waals surface area (Å²) in [4.78, 5) is 4.21. The van der Waals surface area contributed by atoms with Gasteiger partial charge in [-0.25, -0.2) is 13.4 Å². The molecule has 0 spiro atoms. The molecule has 0 saturated carbocycles. The summed E-state index contributed by atoms with van der Waals surface area (Å²) in [6, 6.07) is 8.61. The minimum Gasteiger partial charge on any atom is -0.384 e. The lowest BCUT2D eigenvalue weighted by Crippen LogP contribution is -2.42. The predicted octanol–water partition coefficient (Wildman–Crippen LogP) is 1.49. The van der Waals surface area contributed by atoms with Crippen molar-refractivity contribution in [1.82, 2.24) is 9.29 Å². The summed E-state index contributed by atoms with van der Waals surface area (Å²) in [6.45, 7) is 0.932. The van der Waals surface area contributed by atoms with Crippen LogP contribution in [-0.4, -0.2) is 37.4 Å². The number of hydrogen-bond donors (Lipinski definition) is 1. The number of aromatic nitrogens is 1. The summed E-state index contributed by atoms with van der Waals surface area (Å²) < 4.78 is 32.5. The van der Waals surface area contributed by atoms with Gasteiger partial charge in [0.05, 0.1) is 12.3 Å². The van der Waals surface area contributed by atoms with Crippen LogP contribution in [0, 0.1) is 0 Å². The van der Waals surface area contributed by atoms with E-state index in [1.54, 1.807) is 35.7 Å². The number of pyridine rings is 1. The zero-order chi connectivity index (χ0) is 14.9. The third-order valence-electron chi connectivity index (χ3n) is 3.24. The number of rotatable bonds is 3. The van der Waals surface area contributed by atoms with E-state index in [9.17, 15) is 8.42 Å². The molecule has 21 heavy (non-hydrogen) atoms. The maximum atomic E-state index is 12.5. The van der Waals surface area contributed by atoms with Crippen molar-refractivity contribution in [3.05, 3.63) is 41.4 Å². The lowest BCUT2D eigenvalue weighted by atomic mass is 10.2. The number of morpholine rings is 1. The third-order valence-corrected chi connectivity index (χ3v) is 6.48. The van der Waals surface area contributed by atoms with Crippen molar-refractivity contribution in [2.75, 3.05) is 25.4 Å². The Balaban J connectivity index is 1.83. The Morgan fingerprint density at radius 2 is 2.19 bits per heavy atom. The Hall–Kier alpha value is -1.48. The summed E-state index contributed by atoms with van der Waals surface area (Å²) in [6.07, 6.45) is -0.392. The van der Waals surface area contributed by atoms with Gasteiger partial charge in [-0.05, 0) is 23.6 Å². The van der Waals surface area contributed by atoms with Gasteiger partial charge in [0.15, 0.2) is 0 Å². The second-order valence-electron chi connectivity index (χ2n) is 4.64. The van der Waals surface area contributed by atoms with E-state index >= 15 is 0 Å². The Morgan fingerprint density at radius 1 is 1.33 bits per heavy atom. The molecule has 0 bridgehead atoms. The summed E-state index contributed by atoms with van der Waals surface area (Å²) in [5.74, 6) is 0.398. The summed E-state index contributed by atoms with van der Waals surface area (Å²) in [5, 5.41) is 1.75. The van der Waals surface area contributed by atoms with Gasteiger partial charge < -0.3 is 10.5 Å². The lowest BCUT2D eigenvalue weighted by Gasteiger charge is -2.31. The number of nitrogens with two attached hydrogens (primary N) is 1. The Morgan fingerprint density at radius 3 is 2.90 bits per heavy atom. The lowest BCUT2D eigenvalue weighted by molar-refractivity contribution is -0.00480. The zero-order valence-electron chi connectivity index (χ0n) is 11.2. The Kier molecular flexibility index (Phi) is 3.94. The fourth-order valence-corrected chi connectivity index (χ4v) is 4.78. The fraction of sp³-hybridized carbons (Fsp3) is 0.308. The molecule has 0 aliphatic carbocycles. The van der Waals surface area contributed by atoms with E-state index in [1.807, 2.05) is 0 Å². The van der Waals surface area contributed by atoms with Gasteiger partial charge in [-0.15, -0.1) is 11.3 Å².